The minimum atomic E-state index is -0.845. The Labute approximate surface area is 133 Å². The van der Waals surface area contributed by atoms with Crippen LogP contribution < -0.4 is 0 Å². The van der Waals surface area contributed by atoms with E-state index in [1.54, 1.807) is 18.2 Å². The van der Waals surface area contributed by atoms with Crippen molar-refractivity contribution in [2.45, 2.75) is 13.0 Å². The number of aliphatic hydroxyl groups is 1. The first-order valence-electron chi connectivity index (χ1n) is 6.56. The maximum atomic E-state index is 10.7. The number of nitrogens with zero attached hydrogens (tertiary/aromatic N) is 1. The van der Waals surface area contributed by atoms with Gasteiger partial charge in [0.25, 0.3) is 0 Å². The quantitative estimate of drug-likeness (QED) is 0.726. The van der Waals surface area contributed by atoms with Crippen LogP contribution in [-0.2, 0) is 0 Å². The lowest BCUT2D eigenvalue weighted by Crippen LogP contribution is -2.03. The number of aromatic nitrogens is 1. The molecule has 0 aliphatic rings. The molecule has 0 aliphatic heterocycles. The molecule has 1 unspecified atom stereocenters. The van der Waals surface area contributed by atoms with Gasteiger partial charge in [0.15, 0.2) is 0 Å². The molecule has 2 nitrogen and oxygen atoms in total. The molecule has 1 atom stereocenters. The number of fused-ring (bicyclic) bond motifs is 1. The van der Waals surface area contributed by atoms with Crippen molar-refractivity contribution >= 4 is 34.1 Å². The van der Waals surface area contributed by atoms with Gasteiger partial charge in [-0.25, -0.2) is 0 Å². The highest BCUT2D eigenvalue weighted by molar-refractivity contribution is 6.42. The van der Waals surface area contributed by atoms with Gasteiger partial charge >= 0.3 is 0 Å². The Morgan fingerprint density at radius 1 is 1.00 bits per heavy atom. The molecule has 1 heterocycles. The van der Waals surface area contributed by atoms with Crippen LogP contribution in [0.3, 0.4) is 0 Å². The Morgan fingerprint density at radius 3 is 2.57 bits per heavy atom. The molecule has 0 spiro atoms. The maximum absolute atomic E-state index is 10.7. The van der Waals surface area contributed by atoms with Crippen LogP contribution in [0, 0.1) is 6.92 Å². The summed E-state index contributed by atoms with van der Waals surface area (Å²) in [5, 5.41) is 12.5. The molecule has 21 heavy (non-hydrogen) atoms. The molecular formula is C17H13Cl2NO. The van der Waals surface area contributed by atoms with Crippen LogP contribution in [0.1, 0.15) is 22.9 Å². The fraction of sp³-hybridized carbons (Fsp3) is 0.118. The molecule has 1 N–H and O–H groups in total. The summed E-state index contributed by atoms with van der Waals surface area (Å²) in [5.74, 6) is 0. The summed E-state index contributed by atoms with van der Waals surface area (Å²) in [4.78, 5) is 4.48. The molecule has 0 bridgehead atoms. The second-order valence-electron chi connectivity index (χ2n) is 4.92. The number of rotatable bonds is 2. The van der Waals surface area contributed by atoms with Crippen LogP contribution in [0.4, 0.5) is 0 Å². The SMILES string of the molecule is Cc1cc(C(O)c2cccc(Cl)c2Cl)c2ccccc2n1. The highest BCUT2D eigenvalue weighted by Gasteiger charge is 2.18. The fourth-order valence-corrected chi connectivity index (χ4v) is 2.88. The summed E-state index contributed by atoms with van der Waals surface area (Å²) in [6.07, 6.45) is -0.845. The maximum Gasteiger partial charge on any atom is 0.106 e. The van der Waals surface area contributed by atoms with Gasteiger partial charge in [0.2, 0.25) is 0 Å². The molecule has 1 aromatic heterocycles. The molecular weight excluding hydrogens is 305 g/mol. The van der Waals surface area contributed by atoms with Gasteiger partial charge in [-0.3, -0.25) is 4.98 Å². The second-order valence-corrected chi connectivity index (χ2v) is 5.70. The summed E-state index contributed by atoms with van der Waals surface area (Å²) < 4.78 is 0. The van der Waals surface area contributed by atoms with Gasteiger partial charge in [0.05, 0.1) is 15.6 Å². The molecule has 3 rings (SSSR count). The lowest BCUT2D eigenvalue weighted by molar-refractivity contribution is 0.222. The first-order valence-corrected chi connectivity index (χ1v) is 7.32. The van der Waals surface area contributed by atoms with Gasteiger partial charge in [-0.05, 0) is 30.7 Å². The summed E-state index contributed by atoms with van der Waals surface area (Å²) in [5.41, 5.74) is 3.08. The molecule has 0 saturated carbocycles. The third-order valence-electron chi connectivity index (χ3n) is 3.45. The Morgan fingerprint density at radius 2 is 1.76 bits per heavy atom. The standard InChI is InChI=1S/C17H13Cl2NO/c1-10-9-13(11-5-2-3-8-15(11)20-10)17(21)12-6-4-7-14(18)16(12)19/h2-9,17,21H,1H3. The van der Waals surface area contributed by atoms with Crippen LogP contribution >= 0.6 is 23.2 Å². The first-order chi connectivity index (χ1) is 10.1. The number of hydrogen-bond acceptors (Lipinski definition) is 2. The summed E-state index contributed by atoms with van der Waals surface area (Å²) in [6.45, 7) is 1.90. The molecule has 0 aliphatic carbocycles. The van der Waals surface area contributed by atoms with Gasteiger partial charge in [-0.2, -0.15) is 0 Å². The zero-order chi connectivity index (χ0) is 15.0. The summed E-state index contributed by atoms with van der Waals surface area (Å²) in [6, 6.07) is 14.9. The van der Waals surface area contributed by atoms with E-state index in [9.17, 15) is 5.11 Å². The van der Waals surface area contributed by atoms with Gasteiger partial charge in [-0.15, -0.1) is 0 Å². The van der Waals surface area contributed by atoms with Crippen molar-refractivity contribution in [1.82, 2.24) is 4.98 Å². The third kappa shape index (κ3) is 2.62. The van der Waals surface area contributed by atoms with Crippen LogP contribution in [0.2, 0.25) is 10.0 Å². The van der Waals surface area contributed by atoms with Gasteiger partial charge in [-0.1, -0.05) is 53.5 Å². The number of aryl methyl sites for hydroxylation is 1. The molecule has 0 amide bonds. The van der Waals surface area contributed by atoms with Crippen molar-refractivity contribution in [3.8, 4) is 0 Å². The highest BCUT2D eigenvalue weighted by atomic mass is 35.5. The largest absolute Gasteiger partial charge is 0.384 e. The fourth-order valence-electron chi connectivity index (χ4n) is 2.47. The van der Waals surface area contributed by atoms with Crippen molar-refractivity contribution in [2.75, 3.05) is 0 Å². The van der Waals surface area contributed by atoms with Crippen molar-refractivity contribution in [3.05, 3.63) is 75.4 Å². The van der Waals surface area contributed by atoms with E-state index in [1.165, 1.54) is 0 Å². The third-order valence-corrected chi connectivity index (χ3v) is 4.28. The normalized spacial score (nSPS) is 12.6. The van der Waals surface area contributed by atoms with Crippen LogP contribution in [0.15, 0.2) is 48.5 Å². The molecule has 2 aromatic carbocycles. The van der Waals surface area contributed by atoms with E-state index in [-0.39, 0.29) is 0 Å². The molecule has 0 fully saturated rings. The smallest absolute Gasteiger partial charge is 0.106 e. The van der Waals surface area contributed by atoms with Gasteiger partial charge < -0.3 is 5.11 Å². The summed E-state index contributed by atoms with van der Waals surface area (Å²) >= 11 is 12.3. The molecule has 0 radical (unpaired) electrons. The summed E-state index contributed by atoms with van der Waals surface area (Å²) in [7, 11) is 0. The molecule has 106 valence electrons. The van der Waals surface area contributed by atoms with Crippen LogP contribution in [0.25, 0.3) is 10.9 Å². The first kappa shape index (κ1) is 14.3. The van der Waals surface area contributed by atoms with E-state index >= 15 is 0 Å². The van der Waals surface area contributed by atoms with Crippen LogP contribution in [0.5, 0.6) is 0 Å². The lowest BCUT2D eigenvalue weighted by Gasteiger charge is -2.16. The van der Waals surface area contributed by atoms with Crippen molar-refractivity contribution < 1.29 is 5.11 Å². The van der Waals surface area contributed by atoms with E-state index < -0.39 is 6.10 Å². The predicted molar refractivity (Wildman–Crippen MR) is 87.0 cm³/mol. The number of hydrogen-bond donors (Lipinski definition) is 1. The van der Waals surface area contributed by atoms with E-state index in [4.69, 9.17) is 23.2 Å². The minimum absolute atomic E-state index is 0.380. The number of pyridine rings is 1. The van der Waals surface area contributed by atoms with E-state index in [1.807, 2.05) is 37.3 Å². The van der Waals surface area contributed by atoms with E-state index in [2.05, 4.69) is 4.98 Å². The number of benzene rings is 2. The molecule has 3 aromatic rings. The number of halogens is 2. The van der Waals surface area contributed by atoms with Crippen molar-refractivity contribution in [3.63, 3.8) is 0 Å². The average Bonchev–Trinajstić information content (AvgIpc) is 2.48. The van der Waals surface area contributed by atoms with Crippen molar-refractivity contribution in [1.29, 1.82) is 0 Å². The predicted octanol–water partition coefficient (Wildman–Crippen LogP) is 4.93. The highest BCUT2D eigenvalue weighted by Crippen LogP contribution is 2.35. The minimum Gasteiger partial charge on any atom is -0.384 e. The van der Waals surface area contributed by atoms with E-state index in [0.717, 1.165) is 22.2 Å². The zero-order valence-corrected chi connectivity index (χ0v) is 12.9. The number of aliphatic hydroxyl groups excluding tert-OH is 1. The molecule has 0 saturated heterocycles. The van der Waals surface area contributed by atoms with E-state index in [0.29, 0.717) is 15.6 Å². The van der Waals surface area contributed by atoms with Crippen molar-refractivity contribution in [2.24, 2.45) is 0 Å². The van der Waals surface area contributed by atoms with Crippen LogP contribution in [-0.4, -0.2) is 10.1 Å². The Bertz CT molecular complexity index is 817. The monoisotopic (exact) mass is 317 g/mol. The second kappa shape index (κ2) is 5.64. The van der Waals surface area contributed by atoms with Gasteiger partial charge in [0.1, 0.15) is 6.10 Å². The zero-order valence-electron chi connectivity index (χ0n) is 11.3. The average molecular weight is 318 g/mol. The van der Waals surface area contributed by atoms with Gasteiger partial charge in [0, 0.05) is 16.6 Å². The lowest BCUT2D eigenvalue weighted by atomic mass is 9.97. The number of para-hydroxylation sites is 1. The Hall–Kier alpha value is -1.61. The Kier molecular flexibility index (Phi) is 3.85. The molecule has 4 heteroatoms. The topological polar surface area (TPSA) is 33.1 Å². The Balaban J connectivity index is 2.22.